The van der Waals surface area contributed by atoms with Crippen molar-refractivity contribution in [1.29, 1.82) is 0 Å². The van der Waals surface area contributed by atoms with Crippen molar-refractivity contribution in [3.63, 3.8) is 0 Å². The van der Waals surface area contributed by atoms with Gasteiger partial charge in [0.25, 0.3) is 0 Å². The van der Waals surface area contributed by atoms with Gasteiger partial charge in [-0.3, -0.25) is 4.98 Å². The van der Waals surface area contributed by atoms with Crippen LogP contribution in [0.1, 0.15) is 16.7 Å². The average molecular weight is 269 g/mol. The Kier molecular flexibility index (Phi) is 3.17. The van der Waals surface area contributed by atoms with Crippen LogP contribution in [-0.2, 0) is 6.42 Å². The predicted molar refractivity (Wildman–Crippen MR) is 80.9 cm³/mol. The SMILES string of the molecule is CNc1nc2c(Cc3cccnc3)c(C)ccc2s1. The van der Waals surface area contributed by atoms with Crippen molar-refractivity contribution in [3.05, 3.63) is 53.3 Å². The van der Waals surface area contributed by atoms with Crippen molar-refractivity contribution in [2.75, 3.05) is 12.4 Å². The van der Waals surface area contributed by atoms with Crippen LogP contribution in [0.3, 0.4) is 0 Å². The lowest BCUT2D eigenvalue weighted by Gasteiger charge is -2.06. The maximum atomic E-state index is 4.68. The number of thiazole rings is 1. The van der Waals surface area contributed by atoms with Gasteiger partial charge in [-0.1, -0.05) is 23.5 Å². The predicted octanol–water partition coefficient (Wildman–Crippen LogP) is 3.63. The van der Waals surface area contributed by atoms with E-state index in [-0.39, 0.29) is 0 Å². The molecule has 96 valence electrons. The summed E-state index contributed by atoms with van der Waals surface area (Å²) in [6.45, 7) is 2.14. The van der Waals surface area contributed by atoms with Crippen molar-refractivity contribution < 1.29 is 0 Å². The molecule has 0 radical (unpaired) electrons. The Morgan fingerprint density at radius 3 is 2.89 bits per heavy atom. The van der Waals surface area contributed by atoms with E-state index in [1.54, 1.807) is 17.5 Å². The molecule has 0 unspecified atom stereocenters. The molecule has 0 saturated carbocycles. The summed E-state index contributed by atoms with van der Waals surface area (Å²) in [6.07, 6.45) is 4.60. The largest absolute Gasteiger partial charge is 0.365 e. The van der Waals surface area contributed by atoms with E-state index >= 15 is 0 Å². The summed E-state index contributed by atoms with van der Waals surface area (Å²) >= 11 is 1.69. The summed E-state index contributed by atoms with van der Waals surface area (Å²) in [4.78, 5) is 8.86. The molecule has 0 spiro atoms. The van der Waals surface area contributed by atoms with E-state index in [2.05, 4.69) is 40.4 Å². The van der Waals surface area contributed by atoms with Gasteiger partial charge >= 0.3 is 0 Å². The second-order valence-corrected chi connectivity index (χ2v) is 5.55. The van der Waals surface area contributed by atoms with E-state index in [0.29, 0.717) is 0 Å². The van der Waals surface area contributed by atoms with Crippen LogP contribution in [0.4, 0.5) is 5.13 Å². The Bertz CT molecular complexity index is 704. The van der Waals surface area contributed by atoms with Gasteiger partial charge in [0.05, 0.1) is 10.2 Å². The summed E-state index contributed by atoms with van der Waals surface area (Å²) in [5, 5.41) is 4.09. The maximum Gasteiger partial charge on any atom is 0.183 e. The van der Waals surface area contributed by atoms with Gasteiger partial charge in [0, 0.05) is 25.9 Å². The lowest BCUT2D eigenvalue weighted by molar-refractivity contribution is 1.13. The third kappa shape index (κ3) is 2.31. The Hall–Kier alpha value is -1.94. The topological polar surface area (TPSA) is 37.8 Å². The quantitative estimate of drug-likeness (QED) is 0.789. The van der Waals surface area contributed by atoms with Gasteiger partial charge in [-0.05, 0) is 35.7 Å². The summed E-state index contributed by atoms with van der Waals surface area (Å²) in [5.74, 6) is 0. The molecule has 0 fully saturated rings. The minimum absolute atomic E-state index is 0.879. The van der Waals surface area contributed by atoms with Crippen molar-refractivity contribution in [2.45, 2.75) is 13.3 Å². The summed E-state index contributed by atoms with van der Waals surface area (Å²) in [6, 6.07) is 8.41. The van der Waals surface area contributed by atoms with Crippen LogP contribution in [0.2, 0.25) is 0 Å². The van der Waals surface area contributed by atoms with Gasteiger partial charge in [0.1, 0.15) is 0 Å². The molecule has 1 aromatic carbocycles. The average Bonchev–Trinajstić information content (AvgIpc) is 2.87. The zero-order valence-corrected chi connectivity index (χ0v) is 11.8. The number of fused-ring (bicyclic) bond motifs is 1. The second-order valence-electron chi connectivity index (χ2n) is 4.51. The molecule has 1 N–H and O–H groups in total. The third-order valence-electron chi connectivity index (χ3n) is 3.22. The third-order valence-corrected chi connectivity index (χ3v) is 4.26. The highest BCUT2D eigenvalue weighted by atomic mass is 32.1. The normalized spacial score (nSPS) is 10.8. The first-order valence-electron chi connectivity index (χ1n) is 6.23. The fraction of sp³-hybridized carbons (Fsp3) is 0.200. The number of benzene rings is 1. The first-order valence-corrected chi connectivity index (χ1v) is 7.05. The smallest absolute Gasteiger partial charge is 0.183 e. The van der Waals surface area contributed by atoms with Crippen LogP contribution >= 0.6 is 11.3 Å². The van der Waals surface area contributed by atoms with Crippen molar-refractivity contribution in [3.8, 4) is 0 Å². The number of hydrogen-bond acceptors (Lipinski definition) is 4. The first kappa shape index (κ1) is 12.1. The Labute approximate surface area is 116 Å². The first-order chi connectivity index (χ1) is 9.28. The Morgan fingerprint density at radius 2 is 2.16 bits per heavy atom. The molecule has 0 aliphatic carbocycles. The standard InChI is InChI=1S/C15H15N3S/c1-10-5-6-13-14(18-15(16-2)19-13)12(10)8-11-4-3-7-17-9-11/h3-7,9H,8H2,1-2H3,(H,16,18). The lowest BCUT2D eigenvalue weighted by atomic mass is 10.0. The van der Waals surface area contributed by atoms with E-state index in [0.717, 1.165) is 17.1 Å². The molecule has 2 heterocycles. The molecular formula is C15H15N3S. The highest BCUT2D eigenvalue weighted by Gasteiger charge is 2.10. The van der Waals surface area contributed by atoms with Crippen molar-refractivity contribution in [2.24, 2.45) is 0 Å². The van der Waals surface area contributed by atoms with Gasteiger partial charge < -0.3 is 5.32 Å². The fourth-order valence-electron chi connectivity index (χ4n) is 2.19. The highest BCUT2D eigenvalue weighted by molar-refractivity contribution is 7.22. The number of aromatic nitrogens is 2. The zero-order valence-electron chi connectivity index (χ0n) is 11.0. The van der Waals surface area contributed by atoms with Gasteiger partial charge in [0.15, 0.2) is 5.13 Å². The van der Waals surface area contributed by atoms with Crippen LogP contribution in [0.15, 0.2) is 36.7 Å². The summed E-state index contributed by atoms with van der Waals surface area (Å²) in [7, 11) is 1.91. The monoisotopic (exact) mass is 269 g/mol. The van der Waals surface area contributed by atoms with E-state index in [4.69, 9.17) is 0 Å². The molecular weight excluding hydrogens is 254 g/mol. The molecule has 3 aromatic rings. The van der Waals surface area contributed by atoms with E-state index in [1.807, 2.05) is 19.3 Å². The minimum Gasteiger partial charge on any atom is -0.365 e. The number of nitrogens with one attached hydrogen (secondary N) is 1. The van der Waals surface area contributed by atoms with Gasteiger partial charge in [-0.25, -0.2) is 4.98 Å². The number of nitrogens with zero attached hydrogens (tertiary/aromatic N) is 2. The molecule has 0 aliphatic rings. The number of anilines is 1. The number of aryl methyl sites for hydroxylation is 1. The second kappa shape index (κ2) is 4.97. The van der Waals surface area contributed by atoms with Crippen LogP contribution in [0.25, 0.3) is 10.2 Å². The molecule has 4 heteroatoms. The maximum absolute atomic E-state index is 4.68. The molecule has 0 atom stereocenters. The molecule has 0 saturated heterocycles. The fourth-order valence-corrected chi connectivity index (χ4v) is 3.03. The van der Waals surface area contributed by atoms with Crippen LogP contribution in [-0.4, -0.2) is 17.0 Å². The number of hydrogen-bond donors (Lipinski definition) is 1. The molecule has 3 nitrogen and oxygen atoms in total. The van der Waals surface area contributed by atoms with Gasteiger partial charge in [-0.2, -0.15) is 0 Å². The summed E-state index contributed by atoms with van der Waals surface area (Å²) < 4.78 is 1.23. The molecule has 0 amide bonds. The molecule has 0 bridgehead atoms. The van der Waals surface area contributed by atoms with E-state index in [9.17, 15) is 0 Å². The van der Waals surface area contributed by atoms with E-state index in [1.165, 1.54) is 21.4 Å². The van der Waals surface area contributed by atoms with Crippen LogP contribution in [0, 0.1) is 6.92 Å². The Balaban J connectivity index is 2.11. The number of rotatable bonds is 3. The van der Waals surface area contributed by atoms with Gasteiger partial charge in [-0.15, -0.1) is 0 Å². The molecule has 19 heavy (non-hydrogen) atoms. The van der Waals surface area contributed by atoms with Crippen LogP contribution in [0.5, 0.6) is 0 Å². The molecule has 2 aromatic heterocycles. The molecule has 3 rings (SSSR count). The minimum atomic E-state index is 0.879. The molecule has 0 aliphatic heterocycles. The Morgan fingerprint density at radius 1 is 1.26 bits per heavy atom. The summed E-state index contributed by atoms with van der Waals surface area (Å²) in [5.41, 5.74) is 4.91. The van der Waals surface area contributed by atoms with Gasteiger partial charge in [0.2, 0.25) is 0 Å². The number of pyridine rings is 1. The zero-order chi connectivity index (χ0) is 13.2. The van der Waals surface area contributed by atoms with E-state index < -0.39 is 0 Å². The van der Waals surface area contributed by atoms with Crippen molar-refractivity contribution in [1.82, 2.24) is 9.97 Å². The lowest BCUT2D eigenvalue weighted by Crippen LogP contribution is -1.94. The van der Waals surface area contributed by atoms with Crippen LogP contribution < -0.4 is 5.32 Å². The highest BCUT2D eigenvalue weighted by Crippen LogP contribution is 2.30. The van der Waals surface area contributed by atoms with Crippen molar-refractivity contribution >= 4 is 26.7 Å².